The quantitative estimate of drug-likeness (QED) is 0.618. The van der Waals surface area contributed by atoms with Gasteiger partial charge in [-0.05, 0) is 42.6 Å². The lowest BCUT2D eigenvalue weighted by Crippen LogP contribution is -2.57. The zero-order valence-electron chi connectivity index (χ0n) is 21.2. The normalized spacial score (nSPS) is 22.6. The molecule has 8 nitrogen and oxygen atoms in total. The Balaban J connectivity index is 0.00000216. The molecule has 204 valence electrons. The zero-order chi connectivity index (χ0) is 23.8. The number of anilines is 1. The number of nitrogens with one attached hydrogen (secondary N) is 1. The first-order valence-electron chi connectivity index (χ1n) is 12.0. The second-order valence-corrected chi connectivity index (χ2v) is 10.3. The van der Waals surface area contributed by atoms with Crippen molar-refractivity contribution in [3.8, 4) is 0 Å². The van der Waals surface area contributed by atoms with Gasteiger partial charge in [0.05, 0.1) is 6.10 Å². The Morgan fingerprint density at radius 3 is 2.22 bits per heavy atom. The van der Waals surface area contributed by atoms with Crippen molar-refractivity contribution in [3.05, 3.63) is 29.8 Å². The summed E-state index contributed by atoms with van der Waals surface area (Å²) in [6.07, 6.45) is 0.436. The highest BCUT2D eigenvalue weighted by atomic mass is 32.1. The number of carbonyl (C=O) groups excluding carboxylic acids is 3. The predicted octanol–water partition coefficient (Wildman–Crippen LogP) is 2.40. The number of hydrogen-bond donors (Lipinski definition) is 1. The van der Waals surface area contributed by atoms with Gasteiger partial charge in [-0.1, -0.05) is 35.1 Å². The Kier molecular flexibility index (Phi) is 11.8. The summed E-state index contributed by atoms with van der Waals surface area (Å²) < 4.78 is 5.52. The zero-order valence-corrected chi connectivity index (χ0v) is 23.2. The second-order valence-electron chi connectivity index (χ2n) is 10.3. The van der Waals surface area contributed by atoms with Crippen LogP contribution in [0.1, 0.15) is 51.9 Å². The van der Waals surface area contributed by atoms with Crippen molar-refractivity contribution in [2.75, 3.05) is 50.8 Å². The number of ketones is 1. The van der Waals surface area contributed by atoms with Crippen molar-refractivity contribution in [1.82, 2.24) is 15.1 Å². The van der Waals surface area contributed by atoms with E-state index in [1.54, 1.807) is 4.90 Å². The number of hydrogen-bond acceptors (Lipinski definition) is 6. The molecule has 1 aromatic carbocycles. The van der Waals surface area contributed by atoms with E-state index in [2.05, 4.69) is 22.0 Å². The first-order valence-corrected chi connectivity index (χ1v) is 12.0. The van der Waals surface area contributed by atoms with E-state index in [1.165, 1.54) is 0 Å². The molecule has 0 radical (unpaired) electrons. The van der Waals surface area contributed by atoms with Crippen LogP contribution in [0.25, 0.3) is 0 Å². The lowest BCUT2D eigenvalue weighted by Gasteiger charge is -2.36. The van der Waals surface area contributed by atoms with Crippen molar-refractivity contribution in [2.24, 2.45) is 5.41 Å². The highest BCUT2D eigenvalue weighted by Gasteiger charge is 2.49. The lowest BCUT2D eigenvalue weighted by molar-refractivity contribution is -0.140. The molecule has 0 aliphatic carbocycles. The molecule has 0 aromatic heterocycles. The Labute approximate surface area is 230 Å². The van der Waals surface area contributed by atoms with E-state index in [0.29, 0.717) is 18.5 Å². The van der Waals surface area contributed by atoms with Gasteiger partial charge in [0.1, 0.15) is 18.7 Å². The molecule has 3 atom stereocenters. The molecule has 2 amide bonds. The summed E-state index contributed by atoms with van der Waals surface area (Å²) in [5, 5.41) is 2.95. The third-order valence-corrected chi connectivity index (χ3v) is 7.10. The number of benzene rings is 1. The van der Waals surface area contributed by atoms with Gasteiger partial charge in [0.25, 0.3) is 5.91 Å². The molecule has 3 saturated heterocycles. The summed E-state index contributed by atoms with van der Waals surface area (Å²) >= 11 is 0. The van der Waals surface area contributed by atoms with Crippen LogP contribution in [0.3, 0.4) is 0 Å². The average molecular weight is 541 g/mol. The van der Waals surface area contributed by atoms with Gasteiger partial charge in [-0.25, -0.2) is 0 Å². The Morgan fingerprint density at radius 2 is 1.67 bits per heavy atom. The number of ether oxygens (including phenoxy) is 1. The highest BCUT2D eigenvalue weighted by Crippen LogP contribution is 2.30. The van der Waals surface area contributed by atoms with Crippen molar-refractivity contribution < 1.29 is 19.1 Å². The summed E-state index contributed by atoms with van der Waals surface area (Å²) in [5.41, 5.74) is 1.12. The van der Waals surface area contributed by atoms with Crippen LogP contribution in [0.4, 0.5) is 5.69 Å². The number of piperazine rings is 1. The van der Waals surface area contributed by atoms with E-state index in [-0.39, 0.29) is 64.7 Å². The molecule has 36 heavy (non-hydrogen) atoms. The monoisotopic (exact) mass is 540 g/mol. The maximum Gasteiger partial charge on any atom is 0.251 e. The lowest BCUT2D eigenvalue weighted by atomic mass is 9.85. The predicted molar refractivity (Wildman–Crippen MR) is 154 cm³/mol. The van der Waals surface area contributed by atoms with E-state index in [9.17, 15) is 14.4 Å². The van der Waals surface area contributed by atoms with Gasteiger partial charge in [0.15, 0.2) is 5.78 Å². The average Bonchev–Trinajstić information content (AvgIpc) is 3.39. The van der Waals surface area contributed by atoms with E-state index >= 15 is 0 Å². The molecule has 0 spiro atoms. The summed E-state index contributed by atoms with van der Waals surface area (Å²) in [6, 6.07) is 6.34. The maximum absolute atomic E-state index is 13.5. The molecular formula is C26H44N4O4S2. The molecular weight excluding hydrogens is 496 g/mol. The fourth-order valence-electron chi connectivity index (χ4n) is 5.02. The van der Waals surface area contributed by atoms with E-state index in [1.807, 2.05) is 45.0 Å². The number of rotatable bonds is 5. The summed E-state index contributed by atoms with van der Waals surface area (Å²) in [4.78, 5) is 45.2. The fraction of sp³-hybridized carbons (Fsp3) is 0.654. The number of fused-ring (bicyclic) bond motifs is 1. The minimum atomic E-state index is -0.737. The molecule has 0 bridgehead atoms. The van der Waals surface area contributed by atoms with Crippen LogP contribution in [0, 0.1) is 5.41 Å². The molecule has 1 aromatic rings. The standard InChI is InChI=1S/C25H36N4O4.CH4.2H2S/c1-5-27-12-14-28(15-13-27)18-8-6-17(7-9-18)23(31)26-22(25(2,3)4)24(32)29-11-10-20-21(29)19(30)16-33-20;;;/h6-9,20-22H,5,10-16H2,1-4H3,(H,26,31);1H4;2*1H2/t20-,21-,22-;;;/m1.../s1. The topological polar surface area (TPSA) is 82.2 Å². The van der Waals surface area contributed by atoms with E-state index in [0.717, 1.165) is 38.4 Å². The molecule has 0 saturated carbocycles. The van der Waals surface area contributed by atoms with Gasteiger partial charge in [0, 0.05) is 44.0 Å². The largest absolute Gasteiger partial charge is 0.369 e. The molecule has 3 aliphatic rings. The number of likely N-dealkylation sites (N-methyl/N-ethyl adjacent to an activating group) is 1. The van der Waals surface area contributed by atoms with Gasteiger partial charge in [-0.15, -0.1) is 0 Å². The van der Waals surface area contributed by atoms with Crippen LogP contribution < -0.4 is 10.2 Å². The van der Waals surface area contributed by atoms with Gasteiger partial charge in [-0.2, -0.15) is 27.0 Å². The van der Waals surface area contributed by atoms with Crippen LogP contribution in [-0.4, -0.2) is 91.5 Å². The third-order valence-electron chi connectivity index (χ3n) is 7.10. The molecule has 3 heterocycles. The molecule has 4 rings (SSSR count). The molecule has 0 unspecified atom stereocenters. The van der Waals surface area contributed by atoms with Gasteiger partial charge < -0.3 is 24.8 Å². The van der Waals surface area contributed by atoms with Crippen molar-refractivity contribution >= 4 is 50.3 Å². The Bertz CT molecular complexity index is 898. The second kappa shape index (κ2) is 13.2. The van der Waals surface area contributed by atoms with Crippen molar-refractivity contribution in [1.29, 1.82) is 0 Å². The molecule has 1 N–H and O–H groups in total. The van der Waals surface area contributed by atoms with Crippen LogP contribution in [0.2, 0.25) is 0 Å². The minimum absolute atomic E-state index is 0. The number of nitrogens with zero attached hydrogens (tertiary/aromatic N) is 3. The smallest absolute Gasteiger partial charge is 0.251 e. The number of carbonyl (C=O) groups is 3. The summed E-state index contributed by atoms with van der Waals surface area (Å²) in [5.74, 6) is -0.553. The fourth-order valence-corrected chi connectivity index (χ4v) is 5.02. The number of likely N-dealkylation sites (tertiary alicyclic amines) is 1. The van der Waals surface area contributed by atoms with Crippen LogP contribution in [0.15, 0.2) is 24.3 Å². The van der Waals surface area contributed by atoms with Crippen molar-refractivity contribution in [2.45, 2.75) is 59.7 Å². The summed E-state index contributed by atoms with van der Waals surface area (Å²) in [7, 11) is 0. The number of Topliss-reactive ketones (excluding diaryl/α,β-unsaturated/α-hetero) is 1. The SMILES string of the molecule is C.CCN1CCN(c2ccc(C(=O)N[C@H](C(=O)N3CC[C@H]4OCC(=O)[C@H]43)C(C)(C)C)cc2)CC1.S.S. The summed E-state index contributed by atoms with van der Waals surface area (Å²) in [6.45, 7) is 13.6. The van der Waals surface area contributed by atoms with Crippen LogP contribution in [-0.2, 0) is 14.3 Å². The first-order chi connectivity index (χ1) is 15.7. The van der Waals surface area contributed by atoms with Crippen LogP contribution >= 0.6 is 27.0 Å². The van der Waals surface area contributed by atoms with Crippen molar-refractivity contribution in [3.63, 3.8) is 0 Å². The minimum Gasteiger partial charge on any atom is -0.369 e. The third kappa shape index (κ3) is 6.76. The van der Waals surface area contributed by atoms with Gasteiger partial charge in [-0.3, -0.25) is 14.4 Å². The Morgan fingerprint density at radius 1 is 1.06 bits per heavy atom. The Hall–Kier alpha value is -1.75. The van der Waals surface area contributed by atoms with Gasteiger partial charge >= 0.3 is 0 Å². The molecule has 10 heteroatoms. The van der Waals surface area contributed by atoms with E-state index in [4.69, 9.17) is 4.74 Å². The number of amides is 2. The molecule has 3 fully saturated rings. The van der Waals surface area contributed by atoms with Gasteiger partial charge in [0.2, 0.25) is 5.91 Å². The highest BCUT2D eigenvalue weighted by molar-refractivity contribution is 7.59. The molecule has 3 aliphatic heterocycles. The first kappa shape index (κ1) is 32.3. The van der Waals surface area contributed by atoms with Crippen LogP contribution in [0.5, 0.6) is 0 Å². The van der Waals surface area contributed by atoms with E-state index < -0.39 is 17.5 Å². The maximum atomic E-state index is 13.5.